The maximum Gasteiger partial charge on any atom is 0.213 e. The van der Waals surface area contributed by atoms with E-state index in [1.54, 1.807) is 12.1 Å². The van der Waals surface area contributed by atoms with Crippen molar-refractivity contribution in [3.8, 4) is 5.88 Å². The van der Waals surface area contributed by atoms with Gasteiger partial charge in [0, 0.05) is 58.3 Å². The summed E-state index contributed by atoms with van der Waals surface area (Å²) in [6, 6.07) is 16.3. The van der Waals surface area contributed by atoms with Gasteiger partial charge in [-0.1, -0.05) is 75.6 Å². The Hall–Kier alpha value is -3.22. The highest BCUT2D eigenvalue weighted by molar-refractivity contribution is 6.30. The molecule has 43 heavy (non-hydrogen) atoms. The Morgan fingerprint density at radius 1 is 1.19 bits per heavy atom. The van der Waals surface area contributed by atoms with Gasteiger partial charge in [-0.3, -0.25) is 9.69 Å². The van der Waals surface area contributed by atoms with E-state index in [0.29, 0.717) is 33.9 Å². The number of ether oxygens (including phenoxy) is 1. The van der Waals surface area contributed by atoms with Gasteiger partial charge < -0.3 is 9.64 Å². The number of nitrogens with zero attached hydrogens (tertiary/aromatic N) is 3. The highest BCUT2D eigenvalue weighted by atomic mass is 35.5. The van der Waals surface area contributed by atoms with Crippen molar-refractivity contribution in [3.63, 3.8) is 0 Å². The van der Waals surface area contributed by atoms with Gasteiger partial charge in [-0.15, -0.1) is 0 Å². The summed E-state index contributed by atoms with van der Waals surface area (Å²) in [5.41, 5.74) is 5.44. The minimum Gasteiger partial charge on any atom is -0.473 e. The minimum absolute atomic E-state index is 0.100. The summed E-state index contributed by atoms with van der Waals surface area (Å²) in [7, 11) is 0. The molecular weight excluding hydrogens is 561 g/mol. The standard InChI is InChI=1S/C36H45ClFN3O2/c1-5-6-8-26(2)15-20-41(35-21-29(24-42)12-11-27(35)3)28(4)23-40-18-16-30(17-19-40)34-9-7-10-36(39-34)43-25-31-13-14-32(37)22-33(31)38/h7,9-14,21-22,24,26,30H,4-6,8,15-20,23,25H2,1-3H3. The second-order valence-electron chi connectivity index (χ2n) is 11.9. The van der Waals surface area contributed by atoms with Gasteiger partial charge in [0.1, 0.15) is 18.7 Å². The van der Waals surface area contributed by atoms with E-state index in [1.165, 1.54) is 25.3 Å². The number of aldehydes is 1. The molecule has 1 unspecified atom stereocenters. The largest absolute Gasteiger partial charge is 0.473 e. The number of halogens is 2. The number of anilines is 1. The van der Waals surface area contributed by atoms with Crippen LogP contribution in [0.3, 0.4) is 0 Å². The molecule has 0 spiro atoms. The molecule has 1 aliphatic rings. The molecule has 1 aliphatic heterocycles. The quantitative estimate of drug-likeness (QED) is 0.162. The van der Waals surface area contributed by atoms with Gasteiger partial charge in [-0.2, -0.15) is 0 Å². The summed E-state index contributed by atoms with van der Waals surface area (Å²) in [5.74, 6) is 1.09. The number of carbonyl (C=O) groups is 1. The van der Waals surface area contributed by atoms with E-state index in [-0.39, 0.29) is 12.4 Å². The molecule has 0 saturated carbocycles. The van der Waals surface area contributed by atoms with E-state index in [0.717, 1.165) is 74.4 Å². The molecule has 1 atom stereocenters. The number of hydrogen-bond donors (Lipinski definition) is 0. The molecule has 7 heteroatoms. The van der Waals surface area contributed by atoms with Gasteiger partial charge >= 0.3 is 0 Å². The molecule has 4 rings (SSSR count). The van der Waals surface area contributed by atoms with Crippen LogP contribution in [0.1, 0.15) is 85.5 Å². The summed E-state index contributed by atoms with van der Waals surface area (Å²) in [6.07, 6.45) is 7.68. The summed E-state index contributed by atoms with van der Waals surface area (Å²) in [5, 5.41) is 0.364. The summed E-state index contributed by atoms with van der Waals surface area (Å²) >= 11 is 5.86. The number of likely N-dealkylation sites (tertiary alicyclic amines) is 1. The van der Waals surface area contributed by atoms with Crippen LogP contribution < -0.4 is 9.64 Å². The van der Waals surface area contributed by atoms with Crippen LogP contribution in [0.5, 0.6) is 5.88 Å². The number of rotatable bonds is 15. The third kappa shape index (κ3) is 9.38. The maximum atomic E-state index is 14.2. The second kappa shape index (κ2) is 16.0. The first-order valence-electron chi connectivity index (χ1n) is 15.5. The number of aryl methyl sites for hydroxylation is 1. The number of carbonyl (C=O) groups excluding carboxylic acids is 1. The molecule has 1 fully saturated rings. The van der Waals surface area contributed by atoms with Crippen molar-refractivity contribution < 1.29 is 13.9 Å². The predicted octanol–water partition coefficient (Wildman–Crippen LogP) is 8.99. The first-order valence-corrected chi connectivity index (χ1v) is 15.9. The van der Waals surface area contributed by atoms with Crippen molar-refractivity contribution in [1.29, 1.82) is 0 Å². The molecule has 0 radical (unpaired) electrons. The van der Waals surface area contributed by atoms with E-state index in [9.17, 15) is 9.18 Å². The molecule has 230 valence electrons. The molecule has 3 aromatic rings. The number of aromatic nitrogens is 1. The van der Waals surface area contributed by atoms with Gasteiger partial charge in [-0.05, 0) is 75.0 Å². The Kier molecular flexibility index (Phi) is 12.2. The van der Waals surface area contributed by atoms with E-state index < -0.39 is 0 Å². The Bertz CT molecular complexity index is 1370. The molecule has 0 N–H and O–H groups in total. The van der Waals surface area contributed by atoms with E-state index in [1.807, 2.05) is 30.3 Å². The predicted molar refractivity (Wildman–Crippen MR) is 175 cm³/mol. The van der Waals surface area contributed by atoms with Crippen molar-refractivity contribution in [2.75, 3.05) is 31.1 Å². The topological polar surface area (TPSA) is 45.7 Å². The van der Waals surface area contributed by atoms with Crippen molar-refractivity contribution in [2.45, 2.75) is 71.8 Å². The average Bonchev–Trinajstić information content (AvgIpc) is 3.01. The van der Waals surface area contributed by atoms with E-state index >= 15 is 0 Å². The first-order chi connectivity index (χ1) is 20.8. The lowest BCUT2D eigenvalue weighted by Crippen LogP contribution is -2.38. The summed E-state index contributed by atoms with van der Waals surface area (Å²) in [4.78, 5) is 21.1. The molecule has 0 aliphatic carbocycles. The Balaban J connectivity index is 1.36. The SMILES string of the molecule is C=C(CN1CCC(c2cccc(OCc3ccc(Cl)cc3F)n2)CC1)N(CCC(C)CCCC)c1cc(C=O)ccc1C. The van der Waals surface area contributed by atoms with Crippen LogP contribution in [0.15, 0.2) is 66.9 Å². The molecular formula is C36H45ClFN3O2. The highest BCUT2D eigenvalue weighted by Crippen LogP contribution is 2.31. The fourth-order valence-corrected chi connectivity index (χ4v) is 5.90. The fraction of sp³-hybridized carbons (Fsp3) is 0.444. The number of benzene rings is 2. The monoisotopic (exact) mass is 605 g/mol. The fourth-order valence-electron chi connectivity index (χ4n) is 5.75. The molecule has 5 nitrogen and oxygen atoms in total. The second-order valence-corrected chi connectivity index (χ2v) is 12.3. The van der Waals surface area contributed by atoms with Gasteiger partial charge in [0.05, 0.1) is 0 Å². The summed E-state index contributed by atoms with van der Waals surface area (Å²) in [6.45, 7) is 14.9. The number of piperidine rings is 1. The lowest BCUT2D eigenvalue weighted by atomic mass is 9.93. The van der Waals surface area contributed by atoms with Crippen LogP contribution >= 0.6 is 11.6 Å². The zero-order valence-corrected chi connectivity index (χ0v) is 26.6. The molecule has 0 amide bonds. The Morgan fingerprint density at radius 2 is 1.98 bits per heavy atom. The van der Waals surface area contributed by atoms with E-state index in [4.69, 9.17) is 21.3 Å². The molecule has 0 bridgehead atoms. The third-order valence-corrected chi connectivity index (χ3v) is 8.72. The van der Waals surface area contributed by atoms with Crippen molar-refractivity contribution in [2.24, 2.45) is 5.92 Å². The zero-order valence-electron chi connectivity index (χ0n) is 25.8. The normalized spacial score (nSPS) is 14.8. The lowest BCUT2D eigenvalue weighted by molar-refractivity contribution is 0.112. The lowest BCUT2D eigenvalue weighted by Gasteiger charge is -2.36. The van der Waals surface area contributed by atoms with Crippen LogP contribution in [0.25, 0.3) is 0 Å². The van der Waals surface area contributed by atoms with Gasteiger partial charge in [-0.25, -0.2) is 9.37 Å². The van der Waals surface area contributed by atoms with Crippen LogP contribution in [-0.2, 0) is 6.61 Å². The van der Waals surface area contributed by atoms with Crippen LogP contribution in [0.2, 0.25) is 5.02 Å². The van der Waals surface area contributed by atoms with Gasteiger partial charge in [0.2, 0.25) is 5.88 Å². The smallest absolute Gasteiger partial charge is 0.213 e. The Morgan fingerprint density at radius 3 is 2.70 bits per heavy atom. The van der Waals surface area contributed by atoms with Crippen LogP contribution in [-0.4, -0.2) is 42.3 Å². The molecule has 1 aromatic heterocycles. The number of hydrogen-bond acceptors (Lipinski definition) is 5. The first kappa shape index (κ1) is 32.7. The minimum atomic E-state index is -0.381. The molecule has 2 heterocycles. The number of pyridine rings is 1. The van der Waals surface area contributed by atoms with Crippen molar-refractivity contribution in [1.82, 2.24) is 9.88 Å². The Labute approximate surface area is 261 Å². The third-order valence-electron chi connectivity index (χ3n) is 8.49. The average molecular weight is 606 g/mol. The van der Waals surface area contributed by atoms with E-state index in [2.05, 4.69) is 43.2 Å². The van der Waals surface area contributed by atoms with Crippen LogP contribution in [0, 0.1) is 18.7 Å². The molecule has 1 saturated heterocycles. The zero-order chi connectivity index (χ0) is 30.8. The highest BCUT2D eigenvalue weighted by Gasteiger charge is 2.24. The van der Waals surface area contributed by atoms with Crippen LogP contribution in [0.4, 0.5) is 10.1 Å². The van der Waals surface area contributed by atoms with Crippen molar-refractivity contribution >= 4 is 23.6 Å². The van der Waals surface area contributed by atoms with Gasteiger partial charge in [0.25, 0.3) is 0 Å². The molecule has 2 aromatic carbocycles. The number of unbranched alkanes of at least 4 members (excludes halogenated alkanes) is 1. The maximum absolute atomic E-state index is 14.2. The van der Waals surface area contributed by atoms with Gasteiger partial charge in [0.15, 0.2) is 0 Å². The summed E-state index contributed by atoms with van der Waals surface area (Å²) < 4.78 is 20.0. The van der Waals surface area contributed by atoms with Crippen molar-refractivity contribution in [3.05, 3.63) is 100 Å².